The van der Waals surface area contributed by atoms with Crippen LogP contribution in [0.4, 0.5) is 5.69 Å². The van der Waals surface area contributed by atoms with E-state index in [1.165, 1.54) is 11.8 Å². The number of benzene rings is 1. The largest absolute Gasteiger partial charge is 0.452 e. The predicted molar refractivity (Wildman–Crippen MR) is 108 cm³/mol. The third-order valence-electron chi connectivity index (χ3n) is 4.49. The van der Waals surface area contributed by atoms with E-state index in [2.05, 4.69) is 10.6 Å². The lowest BCUT2D eigenvalue weighted by Crippen LogP contribution is -2.41. The lowest BCUT2D eigenvalue weighted by Gasteiger charge is -2.17. The first-order valence-corrected chi connectivity index (χ1v) is 10.5. The molecule has 1 aromatic carbocycles. The molecule has 2 rings (SSSR count). The summed E-state index contributed by atoms with van der Waals surface area (Å²) in [5.74, 6) is -0.750. The first kappa shape index (κ1) is 21.3. The molecule has 148 valence electrons. The summed E-state index contributed by atoms with van der Waals surface area (Å²) in [4.78, 5) is 35.9. The van der Waals surface area contributed by atoms with Gasteiger partial charge in [0.2, 0.25) is 5.91 Å². The van der Waals surface area contributed by atoms with E-state index in [0.717, 1.165) is 42.5 Å². The van der Waals surface area contributed by atoms with Crippen molar-refractivity contribution in [3.63, 3.8) is 0 Å². The van der Waals surface area contributed by atoms with Crippen LogP contribution in [0.1, 0.15) is 43.7 Å². The van der Waals surface area contributed by atoms with Crippen LogP contribution in [-0.4, -0.2) is 41.4 Å². The second kappa shape index (κ2) is 10.3. The van der Waals surface area contributed by atoms with Gasteiger partial charge in [-0.05, 0) is 45.2 Å². The van der Waals surface area contributed by atoms with Gasteiger partial charge in [-0.1, -0.05) is 30.5 Å². The Bertz CT molecular complexity index is 687. The number of thioether (sulfide) groups is 1. The van der Waals surface area contributed by atoms with E-state index in [1.54, 1.807) is 6.92 Å². The van der Waals surface area contributed by atoms with E-state index >= 15 is 0 Å². The number of hydrogen-bond acceptors (Lipinski definition) is 5. The van der Waals surface area contributed by atoms with E-state index in [9.17, 15) is 14.4 Å². The summed E-state index contributed by atoms with van der Waals surface area (Å²) in [5.41, 5.74) is 2.90. The van der Waals surface area contributed by atoms with Gasteiger partial charge in [-0.3, -0.25) is 14.4 Å². The Morgan fingerprint density at radius 1 is 1.19 bits per heavy atom. The molecular formula is C20H28N2O4S. The van der Waals surface area contributed by atoms with Crippen molar-refractivity contribution in [2.24, 2.45) is 0 Å². The number of ether oxygens (including phenoxy) is 1. The van der Waals surface area contributed by atoms with Crippen molar-refractivity contribution in [2.45, 2.75) is 58.6 Å². The number of rotatable bonds is 8. The zero-order valence-corrected chi connectivity index (χ0v) is 17.0. The Hall–Kier alpha value is -2.02. The Morgan fingerprint density at radius 3 is 2.56 bits per heavy atom. The van der Waals surface area contributed by atoms with E-state index < -0.39 is 12.1 Å². The van der Waals surface area contributed by atoms with Crippen LogP contribution < -0.4 is 10.6 Å². The number of nitrogens with one attached hydrogen (secondary N) is 2. The molecule has 1 atom stereocenters. The molecule has 7 heteroatoms. The van der Waals surface area contributed by atoms with E-state index in [4.69, 9.17) is 4.74 Å². The summed E-state index contributed by atoms with van der Waals surface area (Å²) in [7, 11) is 0. The maximum Gasteiger partial charge on any atom is 0.316 e. The van der Waals surface area contributed by atoms with Crippen LogP contribution in [0.3, 0.4) is 0 Å². The SMILES string of the molecule is Cc1ccc(NC(=O)CSCC(=O)O[C@@H](C)C(=O)NC2CCCC2)c(C)c1. The molecule has 0 aromatic heterocycles. The maximum absolute atomic E-state index is 12.0. The van der Waals surface area contributed by atoms with Gasteiger partial charge in [-0.25, -0.2) is 0 Å². The van der Waals surface area contributed by atoms with Crippen LogP contribution in [0, 0.1) is 13.8 Å². The van der Waals surface area contributed by atoms with Gasteiger partial charge in [0, 0.05) is 11.7 Å². The molecule has 0 heterocycles. The summed E-state index contributed by atoms with van der Waals surface area (Å²) in [6, 6.07) is 6.00. The molecule has 0 spiro atoms. The van der Waals surface area contributed by atoms with Crippen molar-refractivity contribution in [1.29, 1.82) is 0 Å². The molecule has 1 aliphatic rings. The lowest BCUT2D eigenvalue weighted by atomic mass is 10.1. The first-order valence-electron chi connectivity index (χ1n) is 9.30. The summed E-state index contributed by atoms with van der Waals surface area (Å²) in [6.45, 7) is 5.50. The minimum atomic E-state index is -0.817. The molecule has 2 N–H and O–H groups in total. The minimum absolute atomic E-state index is 0.0291. The van der Waals surface area contributed by atoms with Gasteiger partial charge >= 0.3 is 5.97 Å². The summed E-state index contributed by atoms with van der Waals surface area (Å²) in [6.07, 6.45) is 3.40. The topological polar surface area (TPSA) is 84.5 Å². The number of carbonyl (C=O) groups is 3. The molecule has 0 aliphatic heterocycles. The number of anilines is 1. The highest BCUT2D eigenvalue weighted by atomic mass is 32.2. The number of esters is 1. The number of carbonyl (C=O) groups excluding carboxylic acids is 3. The van der Waals surface area contributed by atoms with Gasteiger partial charge in [0.15, 0.2) is 6.10 Å². The summed E-state index contributed by atoms with van der Waals surface area (Å²) < 4.78 is 5.15. The highest BCUT2D eigenvalue weighted by Gasteiger charge is 2.23. The van der Waals surface area contributed by atoms with E-state index in [1.807, 2.05) is 32.0 Å². The van der Waals surface area contributed by atoms with Crippen molar-refractivity contribution < 1.29 is 19.1 Å². The Labute approximate surface area is 164 Å². The van der Waals surface area contributed by atoms with E-state index in [0.29, 0.717) is 0 Å². The highest BCUT2D eigenvalue weighted by Crippen LogP contribution is 2.18. The molecule has 27 heavy (non-hydrogen) atoms. The average Bonchev–Trinajstić information content (AvgIpc) is 3.10. The molecular weight excluding hydrogens is 364 g/mol. The molecule has 0 unspecified atom stereocenters. The monoisotopic (exact) mass is 392 g/mol. The number of hydrogen-bond donors (Lipinski definition) is 2. The molecule has 1 aromatic rings. The molecule has 1 fully saturated rings. The number of aryl methyl sites for hydroxylation is 2. The molecule has 0 bridgehead atoms. The van der Waals surface area contributed by atoms with Crippen molar-refractivity contribution in [3.05, 3.63) is 29.3 Å². The van der Waals surface area contributed by atoms with Crippen LogP contribution in [0.5, 0.6) is 0 Å². The summed E-state index contributed by atoms with van der Waals surface area (Å²) >= 11 is 1.17. The van der Waals surface area contributed by atoms with Gasteiger partial charge < -0.3 is 15.4 Å². The van der Waals surface area contributed by atoms with Crippen molar-refractivity contribution >= 4 is 35.2 Å². The van der Waals surface area contributed by atoms with Crippen molar-refractivity contribution in [1.82, 2.24) is 5.32 Å². The maximum atomic E-state index is 12.0. The third kappa shape index (κ3) is 7.25. The van der Waals surface area contributed by atoms with Crippen LogP contribution in [-0.2, 0) is 19.1 Å². The molecule has 1 aliphatic carbocycles. The molecule has 2 amide bonds. The smallest absolute Gasteiger partial charge is 0.316 e. The standard InChI is InChI=1S/C20H28N2O4S/c1-13-8-9-17(14(2)10-13)22-18(23)11-27-12-19(24)26-15(3)20(25)21-16-6-4-5-7-16/h8-10,15-16H,4-7,11-12H2,1-3H3,(H,21,25)(H,22,23)/t15-/m0/s1. The normalized spacial score (nSPS) is 15.2. The fraction of sp³-hybridized carbons (Fsp3) is 0.550. The van der Waals surface area contributed by atoms with Crippen molar-refractivity contribution in [2.75, 3.05) is 16.8 Å². The van der Waals surface area contributed by atoms with Crippen LogP contribution >= 0.6 is 11.8 Å². The molecule has 0 saturated heterocycles. The van der Waals surface area contributed by atoms with Crippen LogP contribution in [0.2, 0.25) is 0 Å². The van der Waals surface area contributed by atoms with Gasteiger partial charge in [0.05, 0.1) is 11.5 Å². The Balaban J connectivity index is 1.65. The second-order valence-corrected chi connectivity index (χ2v) is 7.97. The zero-order chi connectivity index (χ0) is 19.8. The van der Waals surface area contributed by atoms with Crippen LogP contribution in [0.25, 0.3) is 0 Å². The van der Waals surface area contributed by atoms with E-state index in [-0.39, 0.29) is 29.4 Å². The molecule has 1 saturated carbocycles. The quantitative estimate of drug-likeness (QED) is 0.665. The Kier molecular flexibility index (Phi) is 8.16. The lowest BCUT2D eigenvalue weighted by molar-refractivity contribution is -0.152. The average molecular weight is 393 g/mol. The number of amides is 2. The van der Waals surface area contributed by atoms with Crippen LogP contribution in [0.15, 0.2) is 18.2 Å². The summed E-state index contributed by atoms with van der Waals surface area (Å²) in [5, 5.41) is 5.74. The van der Waals surface area contributed by atoms with Gasteiger partial charge in [-0.15, -0.1) is 11.8 Å². The molecule has 0 radical (unpaired) electrons. The molecule has 6 nitrogen and oxygen atoms in total. The third-order valence-corrected chi connectivity index (χ3v) is 5.39. The fourth-order valence-electron chi connectivity index (χ4n) is 3.04. The second-order valence-electron chi connectivity index (χ2n) is 6.98. The Morgan fingerprint density at radius 2 is 1.89 bits per heavy atom. The minimum Gasteiger partial charge on any atom is -0.452 e. The zero-order valence-electron chi connectivity index (χ0n) is 16.2. The van der Waals surface area contributed by atoms with Gasteiger partial charge in [-0.2, -0.15) is 0 Å². The van der Waals surface area contributed by atoms with Crippen molar-refractivity contribution in [3.8, 4) is 0 Å². The van der Waals surface area contributed by atoms with Gasteiger partial charge in [0.25, 0.3) is 5.91 Å². The highest BCUT2D eigenvalue weighted by molar-refractivity contribution is 8.00. The first-order chi connectivity index (χ1) is 12.8. The predicted octanol–water partition coefficient (Wildman–Crippen LogP) is 2.97. The fourth-order valence-corrected chi connectivity index (χ4v) is 3.63. The van der Waals surface area contributed by atoms with Gasteiger partial charge in [0.1, 0.15) is 0 Å².